The highest BCUT2D eigenvalue weighted by atomic mass is 16.5. The molecule has 3 fully saturated rings. The number of carbonyl (C=O) groups excluding carboxylic acids is 1. The van der Waals surface area contributed by atoms with Gasteiger partial charge in [0.05, 0.1) is 25.2 Å². The third-order valence-electron chi connectivity index (χ3n) is 5.88. The second-order valence-electron chi connectivity index (χ2n) is 8.62. The molecule has 4 heteroatoms. The van der Waals surface area contributed by atoms with Crippen molar-refractivity contribution in [3.8, 4) is 0 Å². The fourth-order valence-electron chi connectivity index (χ4n) is 3.51. The fraction of sp³-hybridized carbons (Fsp3) is 0.650. The van der Waals surface area contributed by atoms with E-state index in [0.29, 0.717) is 5.56 Å². The number of hydrogen-bond acceptors (Lipinski definition) is 3. The average molecular weight is 331 g/mol. The summed E-state index contributed by atoms with van der Waals surface area (Å²) in [6, 6.07) is 8.05. The molecule has 0 saturated carbocycles. The van der Waals surface area contributed by atoms with E-state index < -0.39 is 0 Å². The monoisotopic (exact) mass is 331 g/mol. The van der Waals surface area contributed by atoms with Crippen molar-refractivity contribution in [1.29, 1.82) is 0 Å². The van der Waals surface area contributed by atoms with Gasteiger partial charge in [0.25, 0.3) is 0 Å². The Balaban J connectivity index is 1.62. The Morgan fingerprint density at radius 2 is 1.67 bits per heavy atom. The maximum Gasteiger partial charge on any atom is 0.338 e. The van der Waals surface area contributed by atoms with Gasteiger partial charge < -0.3 is 9.22 Å². The Kier molecular flexibility index (Phi) is 4.71. The Bertz CT molecular complexity index is 567. The number of benzene rings is 1. The largest absolute Gasteiger partial charge is 0.459 e. The number of carbonyl (C=O) groups is 1. The number of rotatable bonds is 4. The van der Waals surface area contributed by atoms with Crippen molar-refractivity contribution in [2.24, 2.45) is 5.41 Å². The van der Waals surface area contributed by atoms with Crippen LogP contribution in [0.2, 0.25) is 0 Å². The normalized spacial score (nSPS) is 27.8. The smallest absolute Gasteiger partial charge is 0.338 e. The third kappa shape index (κ3) is 3.81. The first-order valence-electron chi connectivity index (χ1n) is 9.15. The molecule has 1 aromatic carbocycles. The van der Waals surface area contributed by atoms with Crippen LogP contribution in [0.1, 0.15) is 43.6 Å². The number of fused-ring (bicyclic) bond motifs is 3. The Morgan fingerprint density at radius 1 is 1.12 bits per heavy atom. The van der Waals surface area contributed by atoms with Gasteiger partial charge in [0.2, 0.25) is 0 Å². The summed E-state index contributed by atoms with van der Waals surface area (Å²) in [7, 11) is 0. The van der Waals surface area contributed by atoms with E-state index in [4.69, 9.17) is 4.74 Å². The quantitative estimate of drug-likeness (QED) is 0.627. The second kappa shape index (κ2) is 6.49. The lowest BCUT2D eigenvalue weighted by molar-refractivity contribution is -0.953. The van der Waals surface area contributed by atoms with E-state index in [9.17, 15) is 4.79 Å². The maximum absolute atomic E-state index is 12.3. The van der Waals surface area contributed by atoms with E-state index in [1.54, 1.807) is 0 Å². The summed E-state index contributed by atoms with van der Waals surface area (Å²) >= 11 is 0. The van der Waals surface area contributed by atoms with Gasteiger partial charge in [-0.25, -0.2) is 4.79 Å². The molecule has 2 bridgehead atoms. The molecule has 0 spiro atoms. The number of hydrogen-bond donors (Lipinski definition) is 0. The summed E-state index contributed by atoms with van der Waals surface area (Å²) in [4.78, 5) is 14.9. The lowest BCUT2D eigenvalue weighted by Gasteiger charge is -2.50. The van der Waals surface area contributed by atoms with E-state index in [1.165, 1.54) is 49.3 Å². The minimum absolute atomic E-state index is 0.0396. The van der Waals surface area contributed by atoms with Crippen molar-refractivity contribution in [2.45, 2.75) is 40.3 Å². The van der Waals surface area contributed by atoms with Gasteiger partial charge in [-0.1, -0.05) is 32.9 Å². The molecule has 3 aliphatic heterocycles. The van der Waals surface area contributed by atoms with Crippen LogP contribution in [-0.2, 0) is 11.3 Å². The van der Waals surface area contributed by atoms with Gasteiger partial charge >= 0.3 is 5.97 Å². The Labute approximate surface area is 146 Å². The van der Waals surface area contributed by atoms with Crippen LogP contribution in [0.15, 0.2) is 24.3 Å². The van der Waals surface area contributed by atoms with Crippen molar-refractivity contribution in [1.82, 2.24) is 4.90 Å². The standard InChI is InChI=1S/C20H31N2O2/c1-16(20(2,3)4)24-19(23)18-7-5-17(6-8-18)15-22-12-9-21(10-13-22)11-14-22/h5-8,16H,9-15H2,1-4H3/q+1/t16-/m1/s1. The number of esters is 1. The van der Waals surface area contributed by atoms with Crippen molar-refractivity contribution < 1.29 is 14.0 Å². The molecular formula is C20H31N2O2+. The predicted molar refractivity (Wildman–Crippen MR) is 95.8 cm³/mol. The van der Waals surface area contributed by atoms with Crippen molar-refractivity contribution in [3.63, 3.8) is 0 Å². The predicted octanol–water partition coefficient (Wildman–Crippen LogP) is 2.92. The highest BCUT2D eigenvalue weighted by Gasteiger charge is 2.38. The summed E-state index contributed by atoms with van der Waals surface area (Å²) in [5.74, 6) is -0.220. The summed E-state index contributed by atoms with van der Waals surface area (Å²) in [5, 5.41) is 0. The van der Waals surface area contributed by atoms with Crippen LogP contribution in [0.25, 0.3) is 0 Å². The van der Waals surface area contributed by atoms with Crippen LogP contribution in [-0.4, -0.2) is 60.7 Å². The number of piperazine rings is 3. The van der Waals surface area contributed by atoms with Gasteiger partial charge in [0.15, 0.2) is 0 Å². The van der Waals surface area contributed by atoms with Gasteiger partial charge in [0.1, 0.15) is 12.6 Å². The van der Waals surface area contributed by atoms with E-state index in [2.05, 4.69) is 37.8 Å². The minimum Gasteiger partial charge on any atom is -0.459 e. The maximum atomic E-state index is 12.3. The van der Waals surface area contributed by atoms with Gasteiger partial charge in [0, 0.05) is 25.2 Å². The molecule has 0 radical (unpaired) electrons. The SMILES string of the molecule is C[C@@H](OC(=O)c1ccc(C[N+]23CCN(CC2)CC3)cc1)C(C)(C)C. The van der Waals surface area contributed by atoms with Crippen LogP contribution < -0.4 is 0 Å². The van der Waals surface area contributed by atoms with Gasteiger partial charge in [-0.2, -0.15) is 0 Å². The summed E-state index contributed by atoms with van der Waals surface area (Å²) < 4.78 is 6.80. The van der Waals surface area contributed by atoms with Crippen molar-refractivity contribution in [2.75, 3.05) is 39.3 Å². The Hall–Kier alpha value is -1.39. The molecule has 1 aromatic rings. The number of quaternary nitrogens is 1. The minimum atomic E-state index is -0.220. The van der Waals surface area contributed by atoms with E-state index >= 15 is 0 Å². The van der Waals surface area contributed by atoms with Gasteiger partial charge in [-0.3, -0.25) is 4.90 Å². The first-order valence-corrected chi connectivity index (χ1v) is 9.15. The number of nitrogens with zero attached hydrogens (tertiary/aromatic N) is 2. The van der Waals surface area contributed by atoms with Crippen molar-refractivity contribution >= 4 is 5.97 Å². The average Bonchev–Trinajstić information content (AvgIpc) is 2.56. The highest BCUT2D eigenvalue weighted by Crippen LogP contribution is 2.25. The molecular weight excluding hydrogens is 300 g/mol. The Morgan fingerprint density at radius 3 is 2.17 bits per heavy atom. The first kappa shape index (κ1) is 17.4. The molecule has 4 nitrogen and oxygen atoms in total. The lowest BCUT2D eigenvalue weighted by Crippen LogP contribution is -2.66. The van der Waals surface area contributed by atoms with E-state index in [1.807, 2.05) is 19.1 Å². The molecule has 0 aromatic heterocycles. The van der Waals surface area contributed by atoms with Crippen LogP contribution in [0.3, 0.4) is 0 Å². The zero-order chi connectivity index (χ0) is 17.4. The summed E-state index contributed by atoms with van der Waals surface area (Å²) in [5.41, 5.74) is 1.94. The third-order valence-corrected chi connectivity index (χ3v) is 5.88. The molecule has 3 saturated heterocycles. The highest BCUT2D eigenvalue weighted by molar-refractivity contribution is 5.89. The zero-order valence-electron chi connectivity index (χ0n) is 15.5. The molecule has 0 amide bonds. The molecule has 0 N–H and O–H groups in total. The van der Waals surface area contributed by atoms with E-state index in [0.717, 1.165) is 6.54 Å². The lowest BCUT2D eigenvalue weighted by atomic mass is 9.90. The zero-order valence-corrected chi connectivity index (χ0v) is 15.5. The molecule has 1 atom stereocenters. The number of ether oxygens (including phenoxy) is 1. The summed E-state index contributed by atoms with van der Waals surface area (Å²) in [6.45, 7) is 16.8. The van der Waals surface area contributed by atoms with Crippen LogP contribution in [0.5, 0.6) is 0 Å². The summed E-state index contributed by atoms with van der Waals surface area (Å²) in [6.07, 6.45) is -0.104. The fourth-order valence-corrected chi connectivity index (χ4v) is 3.51. The van der Waals surface area contributed by atoms with E-state index in [-0.39, 0.29) is 17.5 Å². The molecule has 0 unspecified atom stereocenters. The van der Waals surface area contributed by atoms with Crippen LogP contribution in [0, 0.1) is 5.41 Å². The molecule has 3 aliphatic rings. The molecule has 3 heterocycles. The molecule has 0 aliphatic carbocycles. The molecule has 24 heavy (non-hydrogen) atoms. The first-order chi connectivity index (χ1) is 11.3. The van der Waals surface area contributed by atoms with Gasteiger partial charge in [-0.15, -0.1) is 0 Å². The van der Waals surface area contributed by atoms with Gasteiger partial charge in [-0.05, 0) is 24.5 Å². The topological polar surface area (TPSA) is 29.5 Å². The molecule has 4 rings (SSSR count). The van der Waals surface area contributed by atoms with Crippen LogP contribution >= 0.6 is 0 Å². The van der Waals surface area contributed by atoms with Crippen LogP contribution in [0.4, 0.5) is 0 Å². The molecule has 132 valence electrons. The second-order valence-corrected chi connectivity index (χ2v) is 8.62. The van der Waals surface area contributed by atoms with Crippen molar-refractivity contribution in [3.05, 3.63) is 35.4 Å².